The topological polar surface area (TPSA) is 32.3 Å². The van der Waals surface area contributed by atoms with E-state index in [1.54, 1.807) is 0 Å². The van der Waals surface area contributed by atoms with Gasteiger partial charge in [0, 0.05) is 18.3 Å². The zero-order valence-electron chi connectivity index (χ0n) is 7.93. The molecule has 0 aliphatic carbocycles. The normalized spacial score (nSPS) is 12.6. The summed E-state index contributed by atoms with van der Waals surface area (Å²) in [6.45, 7) is 2.18. The van der Waals surface area contributed by atoms with Crippen LogP contribution in [0.15, 0.2) is 18.2 Å². The van der Waals surface area contributed by atoms with E-state index in [2.05, 4.69) is 5.32 Å². The molecular formula is C10H13F2NO. The number of aliphatic hydroxyl groups excluding tert-OH is 1. The number of benzene rings is 1. The minimum Gasteiger partial charge on any atom is -0.391 e. The number of rotatable bonds is 4. The molecule has 0 saturated carbocycles. The largest absolute Gasteiger partial charge is 0.391 e. The van der Waals surface area contributed by atoms with E-state index in [0.717, 1.165) is 12.1 Å². The van der Waals surface area contributed by atoms with Crippen LogP contribution < -0.4 is 5.32 Å². The molecule has 0 unspecified atom stereocenters. The van der Waals surface area contributed by atoms with Crippen LogP contribution in [0.25, 0.3) is 0 Å². The van der Waals surface area contributed by atoms with Gasteiger partial charge in [-0.25, -0.2) is 8.78 Å². The molecule has 0 fully saturated rings. The van der Waals surface area contributed by atoms with Gasteiger partial charge in [-0.2, -0.15) is 0 Å². The van der Waals surface area contributed by atoms with Crippen LogP contribution in [-0.4, -0.2) is 17.8 Å². The lowest BCUT2D eigenvalue weighted by Crippen LogP contribution is -2.18. The fourth-order valence-electron chi connectivity index (χ4n) is 0.986. The van der Waals surface area contributed by atoms with E-state index in [1.165, 1.54) is 6.07 Å². The van der Waals surface area contributed by atoms with Gasteiger partial charge in [0.05, 0.1) is 6.10 Å². The molecule has 0 aliphatic rings. The van der Waals surface area contributed by atoms with E-state index in [4.69, 9.17) is 0 Å². The minimum atomic E-state index is -0.888. The van der Waals surface area contributed by atoms with Gasteiger partial charge in [-0.1, -0.05) is 6.92 Å². The summed E-state index contributed by atoms with van der Waals surface area (Å²) in [4.78, 5) is 0. The van der Waals surface area contributed by atoms with Crippen molar-refractivity contribution in [3.8, 4) is 0 Å². The Kier molecular flexibility index (Phi) is 3.83. The van der Waals surface area contributed by atoms with Crippen LogP contribution in [0.2, 0.25) is 0 Å². The molecule has 1 rings (SSSR count). The zero-order chi connectivity index (χ0) is 10.6. The molecule has 1 atom stereocenters. The van der Waals surface area contributed by atoms with Gasteiger partial charge in [-0.15, -0.1) is 0 Å². The predicted molar refractivity (Wildman–Crippen MR) is 51.1 cm³/mol. The van der Waals surface area contributed by atoms with Crippen LogP contribution >= 0.6 is 0 Å². The fraction of sp³-hybridized carbons (Fsp3) is 0.400. The van der Waals surface area contributed by atoms with Crippen molar-refractivity contribution in [1.82, 2.24) is 0 Å². The molecular weight excluding hydrogens is 188 g/mol. The highest BCUT2D eigenvalue weighted by atomic mass is 19.2. The lowest BCUT2D eigenvalue weighted by Gasteiger charge is -2.10. The molecule has 0 aromatic heterocycles. The molecule has 0 aliphatic heterocycles. The average Bonchev–Trinajstić information content (AvgIpc) is 2.19. The van der Waals surface area contributed by atoms with Gasteiger partial charge < -0.3 is 10.4 Å². The fourth-order valence-corrected chi connectivity index (χ4v) is 0.986. The third-order valence-electron chi connectivity index (χ3n) is 1.93. The second-order valence-corrected chi connectivity index (χ2v) is 3.07. The van der Waals surface area contributed by atoms with Crippen molar-refractivity contribution in [3.05, 3.63) is 29.8 Å². The van der Waals surface area contributed by atoms with E-state index in [1.807, 2.05) is 6.92 Å². The van der Waals surface area contributed by atoms with Crippen LogP contribution in [-0.2, 0) is 0 Å². The second-order valence-electron chi connectivity index (χ2n) is 3.07. The number of aliphatic hydroxyl groups is 1. The highest BCUT2D eigenvalue weighted by molar-refractivity contribution is 5.43. The van der Waals surface area contributed by atoms with Gasteiger partial charge in [0.25, 0.3) is 0 Å². The van der Waals surface area contributed by atoms with Gasteiger partial charge in [0.1, 0.15) is 0 Å². The van der Waals surface area contributed by atoms with E-state index in [-0.39, 0.29) is 0 Å². The first-order chi connectivity index (χ1) is 6.63. The molecule has 0 spiro atoms. The quantitative estimate of drug-likeness (QED) is 0.782. The van der Waals surface area contributed by atoms with Gasteiger partial charge in [0.2, 0.25) is 0 Å². The molecule has 2 nitrogen and oxygen atoms in total. The van der Waals surface area contributed by atoms with Crippen LogP contribution in [0.3, 0.4) is 0 Å². The molecule has 0 bridgehead atoms. The van der Waals surface area contributed by atoms with Crippen molar-refractivity contribution in [2.75, 3.05) is 11.9 Å². The van der Waals surface area contributed by atoms with E-state index in [9.17, 15) is 13.9 Å². The lowest BCUT2D eigenvalue weighted by atomic mass is 10.2. The summed E-state index contributed by atoms with van der Waals surface area (Å²) < 4.78 is 25.2. The van der Waals surface area contributed by atoms with Crippen LogP contribution in [0.5, 0.6) is 0 Å². The Morgan fingerprint density at radius 2 is 2.07 bits per heavy atom. The third-order valence-corrected chi connectivity index (χ3v) is 1.93. The van der Waals surface area contributed by atoms with E-state index in [0.29, 0.717) is 18.7 Å². The summed E-state index contributed by atoms with van der Waals surface area (Å²) in [5.74, 6) is -1.76. The number of hydrogen-bond acceptors (Lipinski definition) is 2. The molecule has 1 aromatic rings. The summed E-state index contributed by atoms with van der Waals surface area (Å²) in [7, 11) is 0. The molecule has 1 aromatic carbocycles. The monoisotopic (exact) mass is 201 g/mol. The van der Waals surface area contributed by atoms with Crippen LogP contribution in [0.1, 0.15) is 13.3 Å². The maximum Gasteiger partial charge on any atom is 0.160 e. The first-order valence-corrected chi connectivity index (χ1v) is 4.50. The summed E-state index contributed by atoms with van der Waals surface area (Å²) in [6, 6.07) is 3.55. The Hall–Kier alpha value is -1.16. The second kappa shape index (κ2) is 4.91. The molecule has 0 amide bonds. The molecule has 0 radical (unpaired) electrons. The SMILES string of the molecule is CC[C@@H](O)CNc1ccc(F)c(F)c1. The first kappa shape index (κ1) is 10.9. The van der Waals surface area contributed by atoms with Crippen LogP contribution in [0, 0.1) is 11.6 Å². The molecule has 78 valence electrons. The maximum atomic E-state index is 12.7. The van der Waals surface area contributed by atoms with E-state index >= 15 is 0 Å². The number of nitrogens with one attached hydrogen (secondary N) is 1. The maximum absolute atomic E-state index is 12.7. The van der Waals surface area contributed by atoms with Crippen molar-refractivity contribution in [2.45, 2.75) is 19.4 Å². The molecule has 0 heterocycles. The van der Waals surface area contributed by atoms with E-state index < -0.39 is 17.7 Å². The summed E-state index contributed by atoms with van der Waals surface area (Å²) in [5.41, 5.74) is 0.469. The molecule has 4 heteroatoms. The summed E-state index contributed by atoms with van der Waals surface area (Å²) in [6.07, 6.45) is 0.152. The Morgan fingerprint density at radius 3 is 2.64 bits per heavy atom. The minimum absolute atomic E-state index is 0.335. The highest BCUT2D eigenvalue weighted by Crippen LogP contribution is 2.12. The number of hydrogen-bond donors (Lipinski definition) is 2. The van der Waals surface area contributed by atoms with Gasteiger partial charge in [0.15, 0.2) is 11.6 Å². The standard InChI is InChI=1S/C10H13F2NO/c1-2-8(14)6-13-7-3-4-9(11)10(12)5-7/h3-5,8,13-14H,2,6H2,1H3/t8-/m1/s1. The molecule has 0 saturated heterocycles. The lowest BCUT2D eigenvalue weighted by molar-refractivity contribution is 0.183. The molecule has 2 N–H and O–H groups in total. The first-order valence-electron chi connectivity index (χ1n) is 4.50. The average molecular weight is 201 g/mol. The van der Waals surface area contributed by atoms with Gasteiger partial charge >= 0.3 is 0 Å². The van der Waals surface area contributed by atoms with Crippen molar-refractivity contribution < 1.29 is 13.9 Å². The number of halogens is 2. The summed E-state index contributed by atoms with van der Waals surface area (Å²) in [5, 5.41) is 12.0. The Labute approximate surface area is 81.6 Å². The van der Waals surface area contributed by atoms with Crippen molar-refractivity contribution >= 4 is 5.69 Å². The summed E-state index contributed by atoms with van der Waals surface area (Å²) >= 11 is 0. The van der Waals surface area contributed by atoms with Gasteiger partial charge in [-0.3, -0.25) is 0 Å². The Morgan fingerprint density at radius 1 is 1.36 bits per heavy atom. The smallest absolute Gasteiger partial charge is 0.160 e. The van der Waals surface area contributed by atoms with Crippen molar-refractivity contribution in [2.24, 2.45) is 0 Å². The number of anilines is 1. The predicted octanol–water partition coefficient (Wildman–Crippen LogP) is 2.15. The van der Waals surface area contributed by atoms with Crippen LogP contribution in [0.4, 0.5) is 14.5 Å². The Bertz CT molecular complexity index is 304. The third kappa shape index (κ3) is 2.96. The zero-order valence-corrected chi connectivity index (χ0v) is 7.93. The van der Waals surface area contributed by atoms with Gasteiger partial charge in [-0.05, 0) is 18.6 Å². The molecule has 14 heavy (non-hydrogen) atoms. The Balaban J connectivity index is 2.55. The van der Waals surface area contributed by atoms with Crippen molar-refractivity contribution in [3.63, 3.8) is 0 Å². The van der Waals surface area contributed by atoms with Crippen molar-refractivity contribution in [1.29, 1.82) is 0 Å². The highest BCUT2D eigenvalue weighted by Gasteiger charge is 2.03.